The van der Waals surface area contributed by atoms with Crippen molar-refractivity contribution in [2.45, 2.75) is 46.7 Å². The Morgan fingerprint density at radius 1 is 1.12 bits per heavy atom. The van der Waals surface area contributed by atoms with Crippen LogP contribution < -0.4 is 16.0 Å². The Balaban J connectivity index is 3.87. The number of hydrogen-bond acceptors (Lipinski definition) is 3. The van der Waals surface area contributed by atoms with Gasteiger partial charge in [0.2, 0.25) is 11.8 Å². The third-order valence-corrected chi connectivity index (χ3v) is 2.70. The van der Waals surface area contributed by atoms with Crippen molar-refractivity contribution < 1.29 is 9.59 Å². The molecule has 17 heavy (non-hydrogen) atoms. The summed E-state index contributed by atoms with van der Waals surface area (Å²) in [6.45, 7) is 10.4. The number of hydrogen-bond donors (Lipinski definition) is 3. The van der Waals surface area contributed by atoms with Gasteiger partial charge in [0.05, 0.1) is 12.6 Å². The van der Waals surface area contributed by atoms with Gasteiger partial charge in [-0.2, -0.15) is 0 Å². The Morgan fingerprint density at radius 3 is 2.18 bits per heavy atom. The average molecular weight is 243 g/mol. The van der Waals surface area contributed by atoms with Crippen LogP contribution in [0.3, 0.4) is 0 Å². The van der Waals surface area contributed by atoms with Gasteiger partial charge in [-0.25, -0.2) is 0 Å². The predicted molar refractivity (Wildman–Crippen MR) is 68.6 cm³/mol. The quantitative estimate of drug-likeness (QED) is 0.601. The summed E-state index contributed by atoms with van der Waals surface area (Å²) < 4.78 is 0. The maximum atomic E-state index is 11.5. The zero-order chi connectivity index (χ0) is 13.4. The first-order chi connectivity index (χ1) is 7.88. The average Bonchev–Trinajstić information content (AvgIpc) is 2.25. The molecule has 0 radical (unpaired) electrons. The molecule has 5 heteroatoms. The van der Waals surface area contributed by atoms with Crippen LogP contribution in [0, 0.1) is 5.92 Å². The Kier molecular flexibility index (Phi) is 7.54. The number of likely N-dealkylation sites (N-methyl/N-ethyl adjacent to an activating group) is 1. The number of carbonyl (C=O) groups excluding carboxylic acids is 2. The van der Waals surface area contributed by atoms with Gasteiger partial charge in [-0.05, 0) is 26.7 Å². The highest BCUT2D eigenvalue weighted by Gasteiger charge is 2.14. The van der Waals surface area contributed by atoms with Crippen molar-refractivity contribution >= 4 is 11.8 Å². The van der Waals surface area contributed by atoms with Crippen LogP contribution in [0.25, 0.3) is 0 Å². The lowest BCUT2D eigenvalue weighted by molar-refractivity contribution is -0.123. The van der Waals surface area contributed by atoms with E-state index < -0.39 is 0 Å². The lowest BCUT2D eigenvalue weighted by Crippen LogP contribution is -2.47. The molecule has 0 bridgehead atoms. The third kappa shape index (κ3) is 6.94. The van der Waals surface area contributed by atoms with Gasteiger partial charge in [-0.15, -0.1) is 0 Å². The van der Waals surface area contributed by atoms with Crippen LogP contribution in [0.1, 0.15) is 34.6 Å². The van der Waals surface area contributed by atoms with Crippen LogP contribution in [0.4, 0.5) is 0 Å². The molecular weight excluding hydrogens is 218 g/mol. The summed E-state index contributed by atoms with van der Waals surface area (Å²) in [5.41, 5.74) is 0. The molecule has 2 unspecified atom stereocenters. The van der Waals surface area contributed by atoms with Crippen LogP contribution in [-0.2, 0) is 9.59 Å². The lowest BCUT2D eigenvalue weighted by atomic mass is 10.1. The topological polar surface area (TPSA) is 70.2 Å². The molecule has 100 valence electrons. The van der Waals surface area contributed by atoms with Crippen molar-refractivity contribution in [1.29, 1.82) is 0 Å². The fourth-order valence-electron chi connectivity index (χ4n) is 1.14. The molecule has 0 aliphatic carbocycles. The van der Waals surface area contributed by atoms with Crippen LogP contribution in [0.15, 0.2) is 0 Å². The Labute approximate surface area is 104 Å². The van der Waals surface area contributed by atoms with E-state index in [0.29, 0.717) is 12.5 Å². The third-order valence-electron chi connectivity index (χ3n) is 2.70. The Hall–Kier alpha value is -1.10. The van der Waals surface area contributed by atoms with Gasteiger partial charge in [0, 0.05) is 12.6 Å². The standard InChI is InChI=1S/C12H25N3O2/c1-6-13-12(17)10(5)14-7-11(16)15-9(4)8(2)3/h8-10,14H,6-7H2,1-5H3,(H,13,17)(H,15,16). The van der Waals surface area contributed by atoms with Crippen LogP contribution >= 0.6 is 0 Å². The van der Waals surface area contributed by atoms with E-state index in [1.807, 2.05) is 13.8 Å². The monoisotopic (exact) mass is 243 g/mol. The van der Waals surface area contributed by atoms with Gasteiger partial charge >= 0.3 is 0 Å². The van der Waals surface area contributed by atoms with Crippen molar-refractivity contribution in [3.8, 4) is 0 Å². The molecule has 0 aliphatic rings. The molecule has 0 aliphatic heterocycles. The molecule has 0 spiro atoms. The highest BCUT2D eigenvalue weighted by molar-refractivity contribution is 5.83. The summed E-state index contributed by atoms with van der Waals surface area (Å²) >= 11 is 0. The van der Waals surface area contributed by atoms with E-state index in [-0.39, 0.29) is 30.4 Å². The Bertz CT molecular complexity index is 254. The fraction of sp³-hybridized carbons (Fsp3) is 0.833. The molecule has 0 aromatic carbocycles. The minimum Gasteiger partial charge on any atom is -0.355 e. The van der Waals surface area contributed by atoms with Gasteiger partial charge in [-0.3, -0.25) is 14.9 Å². The van der Waals surface area contributed by atoms with E-state index >= 15 is 0 Å². The molecule has 0 saturated heterocycles. The first kappa shape index (κ1) is 15.9. The summed E-state index contributed by atoms with van der Waals surface area (Å²) in [6.07, 6.45) is 0. The molecule has 0 saturated carbocycles. The Morgan fingerprint density at radius 2 is 1.71 bits per heavy atom. The number of rotatable bonds is 7. The maximum Gasteiger partial charge on any atom is 0.236 e. The SMILES string of the molecule is CCNC(=O)C(C)NCC(=O)NC(C)C(C)C. The van der Waals surface area contributed by atoms with Crippen LogP contribution in [0.2, 0.25) is 0 Å². The zero-order valence-electron chi connectivity index (χ0n) is 11.5. The normalized spacial score (nSPS) is 14.2. The first-order valence-corrected chi connectivity index (χ1v) is 6.18. The predicted octanol–water partition coefficient (Wildman–Crippen LogP) is 0.261. The minimum absolute atomic E-state index is 0.0812. The van der Waals surface area contributed by atoms with Crippen molar-refractivity contribution in [1.82, 2.24) is 16.0 Å². The van der Waals surface area contributed by atoms with Crippen molar-refractivity contribution in [2.75, 3.05) is 13.1 Å². The fourth-order valence-corrected chi connectivity index (χ4v) is 1.14. The van der Waals surface area contributed by atoms with E-state index in [1.165, 1.54) is 0 Å². The van der Waals surface area contributed by atoms with Crippen LogP contribution in [-0.4, -0.2) is 37.0 Å². The highest BCUT2D eigenvalue weighted by atomic mass is 16.2. The molecule has 0 aromatic rings. The minimum atomic E-state index is -0.352. The summed E-state index contributed by atoms with van der Waals surface area (Å²) in [5.74, 6) is 0.235. The smallest absolute Gasteiger partial charge is 0.236 e. The van der Waals surface area contributed by atoms with Crippen molar-refractivity contribution in [3.05, 3.63) is 0 Å². The van der Waals surface area contributed by atoms with Gasteiger partial charge < -0.3 is 10.6 Å². The van der Waals surface area contributed by atoms with Crippen molar-refractivity contribution in [3.63, 3.8) is 0 Å². The zero-order valence-corrected chi connectivity index (χ0v) is 11.5. The second-order valence-corrected chi connectivity index (χ2v) is 4.60. The summed E-state index contributed by atoms with van der Waals surface area (Å²) in [7, 11) is 0. The molecular formula is C12H25N3O2. The van der Waals surface area contributed by atoms with Gasteiger partial charge in [-0.1, -0.05) is 13.8 Å². The van der Waals surface area contributed by atoms with E-state index in [9.17, 15) is 9.59 Å². The van der Waals surface area contributed by atoms with E-state index in [2.05, 4.69) is 29.8 Å². The highest BCUT2D eigenvalue weighted by Crippen LogP contribution is 1.98. The molecule has 2 atom stereocenters. The summed E-state index contributed by atoms with van der Waals surface area (Å²) in [5, 5.41) is 8.45. The van der Waals surface area contributed by atoms with Gasteiger partial charge in [0.15, 0.2) is 0 Å². The lowest BCUT2D eigenvalue weighted by Gasteiger charge is -2.18. The molecule has 5 nitrogen and oxygen atoms in total. The number of amides is 2. The number of nitrogens with one attached hydrogen (secondary N) is 3. The van der Waals surface area contributed by atoms with E-state index in [1.54, 1.807) is 6.92 Å². The largest absolute Gasteiger partial charge is 0.355 e. The molecule has 2 amide bonds. The van der Waals surface area contributed by atoms with Gasteiger partial charge in [0.25, 0.3) is 0 Å². The molecule has 3 N–H and O–H groups in total. The molecule has 0 fully saturated rings. The van der Waals surface area contributed by atoms with Gasteiger partial charge in [0.1, 0.15) is 0 Å². The molecule has 0 heterocycles. The summed E-state index contributed by atoms with van der Waals surface area (Å²) in [6, 6.07) is -0.209. The van der Waals surface area contributed by atoms with E-state index in [4.69, 9.17) is 0 Å². The molecule has 0 rings (SSSR count). The first-order valence-electron chi connectivity index (χ1n) is 6.18. The van der Waals surface area contributed by atoms with E-state index in [0.717, 1.165) is 0 Å². The number of carbonyl (C=O) groups is 2. The van der Waals surface area contributed by atoms with Crippen LogP contribution in [0.5, 0.6) is 0 Å². The molecule has 0 aromatic heterocycles. The second kappa shape index (κ2) is 8.06. The van der Waals surface area contributed by atoms with Crippen molar-refractivity contribution in [2.24, 2.45) is 5.92 Å². The summed E-state index contributed by atoms with van der Waals surface area (Å²) in [4.78, 5) is 22.9. The maximum absolute atomic E-state index is 11.5. The second-order valence-electron chi connectivity index (χ2n) is 4.60.